The van der Waals surface area contributed by atoms with Gasteiger partial charge in [0.1, 0.15) is 12.4 Å². The zero-order valence-electron chi connectivity index (χ0n) is 12.7. The van der Waals surface area contributed by atoms with Gasteiger partial charge in [-0.1, -0.05) is 41.9 Å². The van der Waals surface area contributed by atoms with Crippen LogP contribution in [0.15, 0.2) is 53.3 Å². The molecule has 3 rings (SSSR count). The Bertz CT molecular complexity index is 889. The van der Waals surface area contributed by atoms with Gasteiger partial charge in [-0.25, -0.2) is 0 Å². The first-order valence-electron chi connectivity index (χ1n) is 7.33. The number of H-pyrrole nitrogens is 1. The molecule has 1 atom stereocenters. The van der Waals surface area contributed by atoms with E-state index in [4.69, 9.17) is 22.1 Å². The third kappa shape index (κ3) is 3.38. The Labute approximate surface area is 138 Å². The number of benzene rings is 2. The van der Waals surface area contributed by atoms with Crippen LogP contribution < -0.4 is 16.0 Å². The maximum atomic E-state index is 12.0. The van der Waals surface area contributed by atoms with Crippen LogP contribution in [0.2, 0.25) is 5.02 Å². The van der Waals surface area contributed by atoms with Gasteiger partial charge < -0.3 is 15.5 Å². The second-order valence-corrected chi connectivity index (χ2v) is 5.89. The highest BCUT2D eigenvalue weighted by molar-refractivity contribution is 6.32. The molecule has 5 heteroatoms. The van der Waals surface area contributed by atoms with Crippen LogP contribution >= 0.6 is 11.6 Å². The molecule has 0 amide bonds. The second-order valence-electron chi connectivity index (χ2n) is 5.49. The predicted molar refractivity (Wildman–Crippen MR) is 93.0 cm³/mol. The summed E-state index contributed by atoms with van der Waals surface area (Å²) in [6.07, 6.45) is 0. The van der Waals surface area contributed by atoms with Gasteiger partial charge in [-0.2, -0.15) is 0 Å². The van der Waals surface area contributed by atoms with E-state index in [0.29, 0.717) is 28.5 Å². The molecule has 3 aromatic rings. The molecule has 1 heterocycles. The lowest BCUT2D eigenvalue weighted by molar-refractivity contribution is 0.307. The molecular weight excluding hydrogens is 312 g/mol. The summed E-state index contributed by atoms with van der Waals surface area (Å²) in [6, 6.07) is 14.8. The Morgan fingerprint density at radius 3 is 2.65 bits per heavy atom. The molecule has 0 fully saturated rings. The lowest BCUT2D eigenvalue weighted by Gasteiger charge is -2.11. The SMILES string of the molecule is C[C@H](N)c1cc2cc(Cl)c(OCc3ccccc3)cc2[nH]c1=O. The fourth-order valence-corrected chi connectivity index (χ4v) is 2.63. The van der Waals surface area contributed by atoms with Gasteiger partial charge in [-0.3, -0.25) is 4.79 Å². The molecule has 0 saturated heterocycles. The summed E-state index contributed by atoms with van der Waals surface area (Å²) in [4.78, 5) is 14.9. The first-order valence-corrected chi connectivity index (χ1v) is 7.71. The number of halogens is 1. The first-order chi connectivity index (χ1) is 11.0. The van der Waals surface area contributed by atoms with Crippen molar-refractivity contribution in [1.29, 1.82) is 0 Å². The van der Waals surface area contributed by atoms with Crippen LogP contribution in [0.5, 0.6) is 5.75 Å². The molecule has 0 aliphatic rings. The quantitative estimate of drug-likeness (QED) is 0.765. The maximum absolute atomic E-state index is 12.0. The summed E-state index contributed by atoms with van der Waals surface area (Å²) < 4.78 is 5.77. The van der Waals surface area contributed by atoms with Gasteiger partial charge in [0.15, 0.2) is 0 Å². The van der Waals surface area contributed by atoms with Crippen molar-refractivity contribution in [3.05, 3.63) is 75.0 Å². The van der Waals surface area contributed by atoms with Gasteiger partial charge in [0.2, 0.25) is 0 Å². The zero-order valence-corrected chi connectivity index (χ0v) is 13.4. The minimum Gasteiger partial charge on any atom is -0.487 e. The van der Waals surface area contributed by atoms with Crippen LogP contribution in [0.4, 0.5) is 0 Å². The van der Waals surface area contributed by atoms with Crippen molar-refractivity contribution in [3.63, 3.8) is 0 Å². The van der Waals surface area contributed by atoms with Crippen molar-refractivity contribution >= 4 is 22.5 Å². The van der Waals surface area contributed by atoms with Crippen LogP contribution in [0.25, 0.3) is 10.9 Å². The van der Waals surface area contributed by atoms with Crippen LogP contribution in [0.3, 0.4) is 0 Å². The fourth-order valence-electron chi connectivity index (χ4n) is 2.41. The van der Waals surface area contributed by atoms with Crippen LogP contribution in [-0.2, 0) is 6.61 Å². The average Bonchev–Trinajstić information content (AvgIpc) is 2.53. The summed E-state index contributed by atoms with van der Waals surface area (Å²) in [5.74, 6) is 0.534. The summed E-state index contributed by atoms with van der Waals surface area (Å²) in [5.41, 5.74) is 7.87. The smallest absolute Gasteiger partial charge is 0.253 e. The Kier molecular flexibility index (Phi) is 4.37. The first kappa shape index (κ1) is 15.6. The molecule has 1 aromatic heterocycles. The van der Waals surface area contributed by atoms with Crippen molar-refractivity contribution in [2.24, 2.45) is 5.73 Å². The fraction of sp³-hybridized carbons (Fsp3) is 0.167. The molecule has 118 valence electrons. The molecule has 3 N–H and O–H groups in total. The highest BCUT2D eigenvalue weighted by atomic mass is 35.5. The molecule has 0 unspecified atom stereocenters. The third-order valence-electron chi connectivity index (χ3n) is 3.65. The molecule has 0 aliphatic carbocycles. The number of nitrogens with one attached hydrogen (secondary N) is 1. The Morgan fingerprint density at radius 2 is 1.96 bits per heavy atom. The second kappa shape index (κ2) is 6.44. The topological polar surface area (TPSA) is 68.1 Å². The monoisotopic (exact) mass is 328 g/mol. The van der Waals surface area contributed by atoms with E-state index in [-0.39, 0.29) is 11.6 Å². The number of hydrogen-bond acceptors (Lipinski definition) is 3. The predicted octanol–water partition coefficient (Wildman–Crippen LogP) is 3.78. The summed E-state index contributed by atoms with van der Waals surface area (Å²) in [7, 11) is 0. The van der Waals surface area contributed by atoms with E-state index < -0.39 is 0 Å². The average molecular weight is 329 g/mol. The van der Waals surface area contributed by atoms with Gasteiger partial charge in [0, 0.05) is 23.1 Å². The largest absolute Gasteiger partial charge is 0.487 e. The molecule has 2 aromatic carbocycles. The van der Waals surface area contributed by atoms with Gasteiger partial charge >= 0.3 is 0 Å². The molecule has 4 nitrogen and oxygen atoms in total. The van der Waals surface area contributed by atoms with E-state index in [2.05, 4.69) is 4.98 Å². The van der Waals surface area contributed by atoms with Gasteiger partial charge in [0.25, 0.3) is 5.56 Å². The molecule has 0 saturated carbocycles. The number of ether oxygens (including phenoxy) is 1. The number of hydrogen-bond donors (Lipinski definition) is 2. The summed E-state index contributed by atoms with van der Waals surface area (Å²) >= 11 is 6.29. The molecule has 0 bridgehead atoms. The number of aromatic nitrogens is 1. The highest BCUT2D eigenvalue weighted by Crippen LogP contribution is 2.30. The number of pyridine rings is 1. The zero-order chi connectivity index (χ0) is 16.4. The Balaban J connectivity index is 1.94. The number of fused-ring (bicyclic) bond motifs is 1. The van der Waals surface area contributed by atoms with E-state index in [9.17, 15) is 4.79 Å². The van der Waals surface area contributed by atoms with Crippen molar-refractivity contribution < 1.29 is 4.74 Å². The molecule has 0 spiro atoms. The van der Waals surface area contributed by atoms with Crippen molar-refractivity contribution in [2.45, 2.75) is 19.6 Å². The molecule has 0 aliphatic heterocycles. The third-order valence-corrected chi connectivity index (χ3v) is 3.95. The van der Waals surface area contributed by atoms with Crippen LogP contribution in [-0.4, -0.2) is 4.98 Å². The minimum atomic E-state index is -0.337. The lowest BCUT2D eigenvalue weighted by atomic mass is 10.1. The normalized spacial score (nSPS) is 12.3. The Morgan fingerprint density at radius 1 is 1.22 bits per heavy atom. The minimum absolute atomic E-state index is 0.191. The van der Waals surface area contributed by atoms with Crippen molar-refractivity contribution in [3.8, 4) is 5.75 Å². The van der Waals surface area contributed by atoms with Crippen LogP contribution in [0.1, 0.15) is 24.1 Å². The number of aromatic amines is 1. The van der Waals surface area contributed by atoms with Crippen LogP contribution in [0, 0.1) is 0 Å². The molecular formula is C18H17ClN2O2. The van der Waals surface area contributed by atoms with Gasteiger partial charge in [0.05, 0.1) is 10.5 Å². The standard InChI is InChI=1S/C18H17ClN2O2/c1-11(20)14-7-13-8-15(19)17(9-16(13)21-18(14)22)23-10-12-5-3-2-4-6-12/h2-9,11H,10,20H2,1H3,(H,21,22)/t11-/m0/s1. The summed E-state index contributed by atoms with van der Waals surface area (Å²) in [5, 5.41) is 1.32. The van der Waals surface area contributed by atoms with Gasteiger partial charge in [-0.15, -0.1) is 0 Å². The van der Waals surface area contributed by atoms with Crippen molar-refractivity contribution in [1.82, 2.24) is 4.98 Å². The number of nitrogens with two attached hydrogens (primary N) is 1. The van der Waals surface area contributed by atoms with E-state index in [1.807, 2.05) is 30.3 Å². The molecule has 23 heavy (non-hydrogen) atoms. The van der Waals surface area contributed by atoms with E-state index in [1.165, 1.54) is 0 Å². The van der Waals surface area contributed by atoms with E-state index in [1.54, 1.807) is 25.1 Å². The maximum Gasteiger partial charge on any atom is 0.253 e. The lowest BCUT2D eigenvalue weighted by Crippen LogP contribution is -2.19. The molecule has 0 radical (unpaired) electrons. The summed E-state index contributed by atoms with van der Waals surface area (Å²) in [6.45, 7) is 2.18. The van der Waals surface area contributed by atoms with Crippen molar-refractivity contribution in [2.75, 3.05) is 0 Å². The van der Waals surface area contributed by atoms with Gasteiger partial charge in [-0.05, 0) is 24.6 Å². The number of rotatable bonds is 4. The van der Waals surface area contributed by atoms with E-state index >= 15 is 0 Å². The van der Waals surface area contributed by atoms with E-state index in [0.717, 1.165) is 10.9 Å². The highest BCUT2D eigenvalue weighted by Gasteiger charge is 2.10. The Hall–Kier alpha value is -2.30.